The maximum Gasteiger partial charge on any atom is 0.259 e. The number of benzene rings is 1. The lowest BCUT2D eigenvalue weighted by Gasteiger charge is -2.10. The van der Waals surface area contributed by atoms with Crippen LogP contribution in [0.2, 0.25) is 0 Å². The van der Waals surface area contributed by atoms with Crippen molar-refractivity contribution in [2.24, 2.45) is 7.05 Å². The third-order valence-corrected chi connectivity index (χ3v) is 4.32. The van der Waals surface area contributed by atoms with Gasteiger partial charge >= 0.3 is 0 Å². The molecule has 2 N–H and O–H groups in total. The van der Waals surface area contributed by atoms with Crippen molar-refractivity contribution in [2.45, 2.75) is 25.7 Å². The summed E-state index contributed by atoms with van der Waals surface area (Å²) < 4.78 is 1.72. The lowest BCUT2D eigenvalue weighted by atomic mass is 10.1. The molecule has 1 saturated carbocycles. The smallest absolute Gasteiger partial charge is 0.259 e. The third-order valence-electron chi connectivity index (χ3n) is 4.32. The van der Waals surface area contributed by atoms with Gasteiger partial charge in [0.05, 0.1) is 11.3 Å². The molecule has 1 aliphatic carbocycles. The van der Waals surface area contributed by atoms with Gasteiger partial charge in [0, 0.05) is 42.8 Å². The number of imidazole rings is 1. The second-order valence-corrected chi connectivity index (χ2v) is 6.30. The molecule has 0 atom stereocenters. The summed E-state index contributed by atoms with van der Waals surface area (Å²) in [5, 5.41) is 7.49. The average molecular weight is 321 g/mol. The lowest BCUT2D eigenvalue weighted by Crippen LogP contribution is -2.14. The number of hydrogen-bond donors (Lipinski definition) is 2. The molecule has 0 bridgehead atoms. The molecule has 1 aromatic carbocycles. The van der Waals surface area contributed by atoms with Gasteiger partial charge in [-0.05, 0) is 31.4 Å². The van der Waals surface area contributed by atoms with Crippen molar-refractivity contribution in [3.8, 4) is 11.4 Å². The van der Waals surface area contributed by atoms with Crippen LogP contribution < -0.4 is 5.32 Å². The van der Waals surface area contributed by atoms with Crippen LogP contribution in [0.3, 0.4) is 0 Å². The first kappa shape index (κ1) is 14.7. The molecule has 3 aromatic rings. The summed E-state index contributed by atoms with van der Waals surface area (Å²) in [7, 11) is 1.85. The summed E-state index contributed by atoms with van der Waals surface area (Å²) in [5.41, 5.74) is 4.32. The number of hydrogen-bond acceptors (Lipinski definition) is 3. The number of nitrogens with zero attached hydrogens (tertiary/aromatic N) is 3. The summed E-state index contributed by atoms with van der Waals surface area (Å²) in [6.07, 6.45) is 7.53. The molecule has 6 nitrogen and oxygen atoms in total. The van der Waals surface area contributed by atoms with E-state index in [1.807, 2.05) is 32.2 Å². The van der Waals surface area contributed by atoms with E-state index in [4.69, 9.17) is 0 Å². The van der Waals surface area contributed by atoms with Gasteiger partial charge in [0.25, 0.3) is 5.91 Å². The van der Waals surface area contributed by atoms with Gasteiger partial charge in [0.1, 0.15) is 5.82 Å². The molecular formula is C18H19N5O. The molecule has 2 heterocycles. The van der Waals surface area contributed by atoms with E-state index in [1.54, 1.807) is 23.3 Å². The summed E-state index contributed by atoms with van der Waals surface area (Å²) in [6, 6.07) is 5.92. The largest absolute Gasteiger partial charge is 0.345 e. The van der Waals surface area contributed by atoms with Gasteiger partial charge in [0.2, 0.25) is 0 Å². The Balaban J connectivity index is 1.63. The standard InChI is InChI=1S/C18H19N5O/c1-11-3-4-13(17-19-7-8-20-17)9-15(11)21-18(24)14-10-23(2)22-16(14)12-5-6-12/h3-4,7-10,12H,5-6H2,1-2H3,(H,19,20)(H,21,24). The van der Waals surface area contributed by atoms with Crippen molar-refractivity contribution in [1.29, 1.82) is 0 Å². The van der Waals surface area contributed by atoms with E-state index in [-0.39, 0.29) is 5.91 Å². The van der Waals surface area contributed by atoms with E-state index in [0.29, 0.717) is 11.5 Å². The molecule has 0 unspecified atom stereocenters. The number of aromatic nitrogens is 4. The maximum atomic E-state index is 12.7. The Bertz CT molecular complexity index is 890. The summed E-state index contributed by atoms with van der Waals surface area (Å²) in [6.45, 7) is 1.98. The van der Waals surface area contributed by atoms with Crippen LogP contribution in [0, 0.1) is 6.92 Å². The summed E-state index contributed by atoms with van der Waals surface area (Å²) in [5.74, 6) is 1.11. The van der Waals surface area contributed by atoms with Crippen LogP contribution in [0.15, 0.2) is 36.8 Å². The van der Waals surface area contributed by atoms with Gasteiger partial charge < -0.3 is 10.3 Å². The van der Waals surface area contributed by atoms with Crippen molar-refractivity contribution >= 4 is 11.6 Å². The highest BCUT2D eigenvalue weighted by molar-refractivity contribution is 6.05. The first-order chi connectivity index (χ1) is 11.6. The molecule has 1 amide bonds. The van der Waals surface area contributed by atoms with E-state index in [1.165, 1.54) is 0 Å². The van der Waals surface area contributed by atoms with Crippen molar-refractivity contribution < 1.29 is 4.79 Å². The van der Waals surface area contributed by atoms with Gasteiger partial charge in [-0.15, -0.1) is 0 Å². The number of nitrogens with one attached hydrogen (secondary N) is 2. The number of anilines is 1. The number of aryl methyl sites for hydroxylation is 2. The number of carbonyl (C=O) groups is 1. The fourth-order valence-corrected chi connectivity index (χ4v) is 2.86. The van der Waals surface area contributed by atoms with Gasteiger partial charge in [0.15, 0.2) is 0 Å². The van der Waals surface area contributed by atoms with Crippen molar-refractivity contribution in [3.63, 3.8) is 0 Å². The quantitative estimate of drug-likeness (QED) is 0.774. The monoisotopic (exact) mass is 321 g/mol. The minimum absolute atomic E-state index is 0.107. The van der Waals surface area contributed by atoms with E-state index in [0.717, 1.165) is 41.2 Å². The average Bonchev–Trinajstić information content (AvgIpc) is 3.10. The minimum atomic E-state index is -0.107. The SMILES string of the molecule is Cc1ccc(-c2ncc[nH]2)cc1NC(=O)c1cn(C)nc1C1CC1. The molecule has 24 heavy (non-hydrogen) atoms. The van der Waals surface area contributed by atoms with Crippen molar-refractivity contribution in [3.05, 3.63) is 53.6 Å². The van der Waals surface area contributed by atoms with Crippen LogP contribution in [0.4, 0.5) is 5.69 Å². The number of H-pyrrole nitrogens is 1. The zero-order valence-corrected chi connectivity index (χ0v) is 13.7. The van der Waals surface area contributed by atoms with Crippen LogP contribution in [-0.2, 0) is 7.05 Å². The van der Waals surface area contributed by atoms with Crippen LogP contribution in [0.25, 0.3) is 11.4 Å². The Morgan fingerprint density at radius 3 is 2.92 bits per heavy atom. The predicted molar refractivity (Wildman–Crippen MR) is 91.9 cm³/mol. The first-order valence-corrected chi connectivity index (χ1v) is 8.07. The van der Waals surface area contributed by atoms with Crippen LogP contribution >= 0.6 is 0 Å². The third kappa shape index (κ3) is 2.71. The number of aromatic amines is 1. The van der Waals surface area contributed by atoms with Crippen molar-refractivity contribution in [1.82, 2.24) is 19.7 Å². The Kier molecular flexibility index (Phi) is 3.45. The Morgan fingerprint density at radius 1 is 1.38 bits per heavy atom. The van der Waals surface area contributed by atoms with E-state index >= 15 is 0 Å². The molecule has 2 aromatic heterocycles. The Hall–Kier alpha value is -2.89. The molecule has 0 spiro atoms. The van der Waals surface area contributed by atoms with Crippen molar-refractivity contribution in [2.75, 3.05) is 5.32 Å². The normalized spacial score (nSPS) is 13.9. The Labute approximate surface area is 139 Å². The number of amides is 1. The zero-order chi connectivity index (χ0) is 16.7. The summed E-state index contributed by atoms with van der Waals surface area (Å²) >= 11 is 0. The van der Waals surface area contributed by atoms with Gasteiger partial charge in [-0.25, -0.2) is 4.98 Å². The van der Waals surface area contributed by atoms with Gasteiger partial charge in [-0.1, -0.05) is 12.1 Å². The van der Waals surface area contributed by atoms with E-state index in [9.17, 15) is 4.79 Å². The topological polar surface area (TPSA) is 75.6 Å². The lowest BCUT2D eigenvalue weighted by molar-refractivity contribution is 0.102. The number of rotatable bonds is 4. The second kappa shape index (κ2) is 5.63. The molecule has 6 heteroatoms. The first-order valence-electron chi connectivity index (χ1n) is 8.07. The summed E-state index contributed by atoms with van der Waals surface area (Å²) in [4.78, 5) is 20.1. The fourth-order valence-electron chi connectivity index (χ4n) is 2.86. The molecule has 0 radical (unpaired) electrons. The second-order valence-electron chi connectivity index (χ2n) is 6.30. The zero-order valence-electron chi connectivity index (χ0n) is 13.7. The molecule has 1 fully saturated rings. The van der Waals surface area contributed by atoms with Crippen LogP contribution in [0.1, 0.15) is 40.4 Å². The highest BCUT2D eigenvalue weighted by atomic mass is 16.1. The molecule has 0 saturated heterocycles. The highest BCUT2D eigenvalue weighted by Gasteiger charge is 2.31. The highest BCUT2D eigenvalue weighted by Crippen LogP contribution is 2.40. The molecule has 122 valence electrons. The van der Waals surface area contributed by atoms with Crippen LogP contribution in [0.5, 0.6) is 0 Å². The number of carbonyl (C=O) groups excluding carboxylic acids is 1. The fraction of sp³-hybridized carbons (Fsp3) is 0.278. The van der Waals surface area contributed by atoms with E-state index in [2.05, 4.69) is 20.4 Å². The molecule has 4 rings (SSSR count). The molecule has 0 aliphatic heterocycles. The van der Waals surface area contributed by atoms with E-state index < -0.39 is 0 Å². The molecular weight excluding hydrogens is 302 g/mol. The van der Waals surface area contributed by atoms with Crippen LogP contribution in [-0.4, -0.2) is 25.7 Å². The minimum Gasteiger partial charge on any atom is -0.345 e. The Morgan fingerprint density at radius 2 is 2.21 bits per heavy atom. The van der Waals surface area contributed by atoms with Gasteiger partial charge in [-0.2, -0.15) is 5.10 Å². The molecule has 1 aliphatic rings. The predicted octanol–water partition coefficient (Wildman–Crippen LogP) is 3.25. The van der Waals surface area contributed by atoms with Gasteiger partial charge in [-0.3, -0.25) is 9.48 Å². The maximum absolute atomic E-state index is 12.7.